The van der Waals surface area contributed by atoms with Crippen LogP contribution in [0.2, 0.25) is 0 Å². The summed E-state index contributed by atoms with van der Waals surface area (Å²) in [5, 5.41) is 4.28. The van der Waals surface area contributed by atoms with Gasteiger partial charge in [-0.1, -0.05) is 12.1 Å². The molecule has 7 nitrogen and oxygen atoms in total. The number of carbonyl (C=O) groups is 1. The number of aromatic nitrogens is 3. The maximum Gasteiger partial charge on any atom is 0.229 e. The van der Waals surface area contributed by atoms with E-state index in [2.05, 4.69) is 14.8 Å². The summed E-state index contributed by atoms with van der Waals surface area (Å²) in [6, 6.07) is 13.8. The normalized spacial score (nSPS) is 11.5. The molecule has 0 atom stereocenters. The van der Waals surface area contributed by atoms with Gasteiger partial charge in [0.05, 0.1) is 23.7 Å². The van der Waals surface area contributed by atoms with Crippen LogP contribution in [0.25, 0.3) is 16.9 Å². The topological polar surface area (TPSA) is 93.4 Å². The first-order chi connectivity index (χ1) is 13.8. The molecular weight excluding hydrogens is 395 g/mol. The van der Waals surface area contributed by atoms with E-state index in [9.17, 15) is 17.6 Å². The van der Waals surface area contributed by atoms with Gasteiger partial charge in [-0.2, -0.15) is 5.10 Å². The monoisotopic (exact) mass is 410 g/mol. The number of hydrogen-bond donors (Lipinski definition) is 1. The number of nitrogens with one attached hydrogen (secondary N) is 1. The average Bonchev–Trinajstić information content (AvgIpc) is 3.11. The van der Waals surface area contributed by atoms with E-state index in [1.54, 1.807) is 36.5 Å². The first-order valence-corrected chi connectivity index (χ1v) is 10.4. The highest BCUT2D eigenvalue weighted by atomic mass is 32.2. The average molecular weight is 410 g/mol. The fourth-order valence-electron chi connectivity index (χ4n) is 2.98. The molecule has 29 heavy (non-hydrogen) atoms. The molecule has 0 amide bonds. The Morgan fingerprint density at radius 3 is 2.59 bits per heavy atom. The quantitative estimate of drug-likeness (QED) is 0.510. The third-order valence-electron chi connectivity index (χ3n) is 4.21. The molecule has 0 aliphatic rings. The van der Waals surface area contributed by atoms with Crippen LogP contribution in [0.1, 0.15) is 15.9 Å². The molecule has 0 aliphatic carbocycles. The van der Waals surface area contributed by atoms with E-state index in [0.29, 0.717) is 28.2 Å². The summed E-state index contributed by atoms with van der Waals surface area (Å²) in [4.78, 5) is 17.1. The van der Waals surface area contributed by atoms with E-state index < -0.39 is 15.8 Å². The van der Waals surface area contributed by atoms with Crippen molar-refractivity contribution >= 4 is 27.1 Å². The highest BCUT2D eigenvalue weighted by Crippen LogP contribution is 2.25. The molecule has 146 valence electrons. The van der Waals surface area contributed by atoms with Gasteiger partial charge in [0, 0.05) is 23.0 Å². The summed E-state index contributed by atoms with van der Waals surface area (Å²) < 4.78 is 40.1. The largest absolute Gasteiger partial charge is 0.288 e. The van der Waals surface area contributed by atoms with E-state index in [0.717, 1.165) is 6.26 Å². The third-order valence-corrected chi connectivity index (χ3v) is 4.82. The van der Waals surface area contributed by atoms with Gasteiger partial charge in [-0.3, -0.25) is 9.52 Å². The Bertz CT molecular complexity index is 1330. The summed E-state index contributed by atoms with van der Waals surface area (Å²) in [6.45, 7) is 0. The molecule has 9 heteroatoms. The molecule has 4 aromatic rings. The number of fused-ring (bicyclic) bond motifs is 1. The Balaban J connectivity index is 1.78. The molecule has 2 aromatic heterocycles. The van der Waals surface area contributed by atoms with Gasteiger partial charge in [-0.15, -0.1) is 0 Å². The minimum atomic E-state index is -3.42. The molecule has 0 fully saturated rings. The molecule has 0 saturated carbocycles. The molecule has 0 bridgehead atoms. The predicted octanol–water partition coefficient (Wildman–Crippen LogP) is 3.14. The number of nitrogens with zero attached hydrogens (tertiary/aromatic N) is 3. The molecule has 0 unspecified atom stereocenters. The van der Waals surface area contributed by atoms with E-state index in [-0.39, 0.29) is 11.3 Å². The SMILES string of the molecule is CS(=O)(=O)Nc1cccc(-c2ccnc3c(C(=O)c4ccc(F)cc4)cnn23)c1. The van der Waals surface area contributed by atoms with E-state index in [4.69, 9.17) is 0 Å². The summed E-state index contributed by atoms with van der Waals surface area (Å²) >= 11 is 0. The highest BCUT2D eigenvalue weighted by molar-refractivity contribution is 7.92. The zero-order valence-corrected chi connectivity index (χ0v) is 16.0. The molecule has 0 aliphatic heterocycles. The number of ketones is 1. The second-order valence-electron chi connectivity index (χ2n) is 6.41. The molecule has 0 radical (unpaired) electrons. The lowest BCUT2D eigenvalue weighted by Gasteiger charge is -2.08. The maximum absolute atomic E-state index is 13.1. The second kappa shape index (κ2) is 7.10. The smallest absolute Gasteiger partial charge is 0.229 e. The Hall–Kier alpha value is -3.59. The summed E-state index contributed by atoms with van der Waals surface area (Å²) in [5.41, 5.74) is 2.68. The minimum Gasteiger partial charge on any atom is -0.288 e. The molecule has 2 heterocycles. The van der Waals surface area contributed by atoms with Crippen LogP contribution in [0.15, 0.2) is 67.0 Å². The van der Waals surface area contributed by atoms with Crippen molar-refractivity contribution in [2.24, 2.45) is 0 Å². The lowest BCUT2D eigenvalue weighted by molar-refractivity contribution is 0.104. The van der Waals surface area contributed by atoms with Crippen LogP contribution < -0.4 is 4.72 Å². The van der Waals surface area contributed by atoms with Crippen LogP contribution in [0.3, 0.4) is 0 Å². The molecule has 2 aromatic carbocycles. The predicted molar refractivity (Wildman–Crippen MR) is 107 cm³/mol. The fraction of sp³-hybridized carbons (Fsp3) is 0.0500. The van der Waals surface area contributed by atoms with Crippen LogP contribution in [0, 0.1) is 5.82 Å². The van der Waals surface area contributed by atoms with Crippen molar-refractivity contribution < 1.29 is 17.6 Å². The highest BCUT2D eigenvalue weighted by Gasteiger charge is 2.18. The number of sulfonamides is 1. The second-order valence-corrected chi connectivity index (χ2v) is 8.16. The van der Waals surface area contributed by atoms with Gasteiger partial charge in [0.1, 0.15) is 5.82 Å². The van der Waals surface area contributed by atoms with Gasteiger partial charge >= 0.3 is 0 Å². The van der Waals surface area contributed by atoms with Gasteiger partial charge in [0.2, 0.25) is 10.0 Å². The Morgan fingerprint density at radius 1 is 1.10 bits per heavy atom. The van der Waals surface area contributed by atoms with Crippen LogP contribution in [-0.2, 0) is 10.0 Å². The van der Waals surface area contributed by atoms with Gasteiger partial charge < -0.3 is 0 Å². The van der Waals surface area contributed by atoms with Crippen LogP contribution in [0.5, 0.6) is 0 Å². The summed E-state index contributed by atoms with van der Waals surface area (Å²) in [7, 11) is -3.42. The van der Waals surface area contributed by atoms with E-state index in [1.807, 2.05) is 0 Å². The van der Waals surface area contributed by atoms with Crippen molar-refractivity contribution in [2.45, 2.75) is 0 Å². The molecular formula is C20H15FN4O3S. The maximum atomic E-state index is 13.1. The summed E-state index contributed by atoms with van der Waals surface area (Å²) in [6.07, 6.45) is 4.03. The Morgan fingerprint density at radius 2 is 1.86 bits per heavy atom. The van der Waals surface area contributed by atoms with Crippen molar-refractivity contribution in [3.8, 4) is 11.3 Å². The van der Waals surface area contributed by atoms with Gasteiger partial charge in [0.15, 0.2) is 11.4 Å². The third kappa shape index (κ3) is 3.85. The fourth-order valence-corrected chi connectivity index (χ4v) is 3.54. The number of benzene rings is 2. The van der Waals surface area contributed by atoms with Crippen molar-refractivity contribution in [2.75, 3.05) is 11.0 Å². The standard InChI is InChI=1S/C20H15FN4O3S/c1-29(27,28)24-16-4-2-3-14(11-16)18-9-10-22-20-17(12-23-25(18)20)19(26)13-5-7-15(21)8-6-13/h2-12,24H,1H3. The Kier molecular flexibility index (Phi) is 4.59. The molecule has 1 N–H and O–H groups in total. The van der Waals surface area contributed by atoms with Crippen LogP contribution >= 0.6 is 0 Å². The van der Waals surface area contributed by atoms with Crippen molar-refractivity contribution in [1.82, 2.24) is 14.6 Å². The number of rotatable bonds is 5. The van der Waals surface area contributed by atoms with Gasteiger partial charge in [0.25, 0.3) is 0 Å². The van der Waals surface area contributed by atoms with Crippen molar-refractivity contribution in [1.29, 1.82) is 0 Å². The van der Waals surface area contributed by atoms with Gasteiger partial charge in [-0.05, 0) is 42.5 Å². The van der Waals surface area contributed by atoms with Crippen molar-refractivity contribution in [3.63, 3.8) is 0 Å². The molecule has 4 rings (SSSR count). The summed E-state index contributed by atoms with van der Waals surface area (Å²) in [5.74, 6) is -0.749. The number of halogens is 1. The minimum absolute atomic E-state index is 0.281. The Labute approximate surface area is 165 Å². The molecule has 0 saturated heterocycles. The van der Waals surface area contributed by atoms with Crippen molar-refractivity contribution in [3.05, 3.63) is 83.9 Å². The first kappa shape index (κ1) is 18.8. The first-order valence-electron chi connectivity index (χ1n) is 8.53. The van der Waals surface area contributed by atoms with E-state index >= 15 is 0 Å². The molecule has 0 spiro atoms. The zero-order valence-electron chi connectivity index (χ0n) is 15.2. The number of carbonyl (C=O) groups excluding carboxylic acids is 1. The number of hydrogen-bond acceptors (Lipinski definition) is 5. The van der Waals surface area contributed by atoms with Crippen LogP contribution in [0.4, 0.5) is 10.1 Å². The zero-order chi connectivity index (χ0) is 20.6. The lowest BCUT2D eigenvalue weighted by Crippen LogP contribution is -2.09. The lowest BCUT2D eigenvalue weighted by atomic mass is 10.1. The van der Waals surface area contributed by atoms with Gasteiger partial charge in [-0.25, -0.2) is 22.3 Å². The van der Waals surface area contributed by atoms with E-state index in [1.165, 1.54) is 35.0 Å². The van der Waals surface area contributed by atoms with Crippen LogP contribution in [-0.4, -0.2) is 35.1 Å². The number of anilines is 1.